The third kappa shape index (κ3) is 3.02. The van der Waals surface area contributed by atoms with Crippen LogP contribution in [0.1, 0.15) is 18.4 Å². The number of hydrogen-bond donors (Lipinski definition) is 0. The summed E-state index contributed by atoms with van der Waals surface area (Å²) in [4.78, 5) is 9.29. The summed E-state index contributed by atoms with van der Waals surface area (Å²) in [7, 11) is 1.65. The quantitative estimate of drug-likeness (QED) is 0.674. The smallest absolute Gasteiger partial charge is 0.160 e. The van der Waals surface area contributed by atoms with Crippen LogP contribution in [-0.4, -0.2) is 21.6 Å². The van der Waals surface area contributed by atoms with E-state index in [1.54, 1.807) is 7.11 Å². The highest BCUT2D eigenvalue weighted by atomic mass is 16.5. The summed E-state index contributed by atoms with van der Waals surface area (Å²) in [6.07, 6.45) is 3.14. The Balaban J connectivity index is 2.13. The van der Waals surface area contributed by atoms with E-state index in [-0.39, 0.29) is 0 Å². The monoisotopic (exact) mass is 306 g/mol. The first-order chi connectivity index (χ1) is 11.2. The number of aryl methyl sites for hydroxylation is 2. The second kappa shape index (κ2) is 6.49. The highest BCUT2D eigenvalue weighted by molar-refractivity contribution is 5.78. The van der Waals surface area contributed by atoms with E-state index in [9.17, 15) is 0 Å². The fourth-order valence-corrected chi connectivity index (χ4v) is 2.62. The molecule has 0 atom stereocenters. The third-order valence-corrected chi connectivity index (χ3v) is 3.72. The van der Waals surface area contributed by atoms with Gasteiger partial charge < -0.3 is 9.30 Å². The van der Waals surface area contributed by atoms with Crippen molar-refractivity contribution in [1.29, 1.82) is 5.26 Å². The van der Waals surface area contributed by atoms with E-state index in [2.05, 4.69) is 15.6 Å². The molecular formula is C18H18N4O. The van der Waals surface area contributed by atoms with Gasteiger partial charge in [-0.2, -0.15) is 5.26 Å². The number of ether oxygens (including phenoxy) is 1. The van der Waals surface area contributed by atoms with E-state index in [1.807, 2.05) is 43.5 Å². The first-order valence-electron chi connectivity index (χ1n) is 7.57. The molecule has 0 radical (unpaired) electrons. The summed E-state index contributed by atoms with van der Waals surface area (Å²) in [6, 6.07) is 12.1. The molecule has 23 heavy (non-hydrogen) atoms. The molecule has 1 aromatic carbocycles. The summed E-state index contributed by atoms with van der Waals surface area (Å²) in [5, 5.41) is 8.79. The number of unbranched alkanes of at least 4 members (excludes halogenated alkanes) is 1. The number of nitriles is 1. The van der Waals surface area contributed by atoms with Crippen molar-refractivity contribution in [3.05, 3.63) is 42.1 Å². The molecule has 5 heteroatoms. The van der Waals surface area contributed by atoms with Crippen LogP contribution in [0.15, 0.2) is 36.5 Å². The Hall–Kier alpha value is -2.87. The lowest BCUT2D eigenvalue weighted by atomic mass is 10.2. The molecule has 2 aromatic heterocycles. The molecule has 2 heterocycles. The first-order valence-corrected chi connectivity index (χ1v) is 7.57. The van der Waals surface area contributed by atoms with E-state index in [4.69, 9.17) is 15.0 Å². The Bertz CT molecular complexity index is 876. The predicted molar refractivity (Wildman–Crippen MR) is 89.1 cm³/mol. The van der Waals surface area contributed by atoms with Crippen LogP contribution in [-0.2, 0) is 6.54 Å². The number of pyridine rings is 1. The van der Waals surface area contributed by atoms with Crippen LogP contribution in [0, 0.1) is 18.3 Å². The van der Waals surface area contributed by atoms with Crippen molar-refractivity contribution in [2.75, 3.05) is 7.11 Å². The number of imidazole rings is 1. The summed E-state index contributed by atoms with van der Waals surface area (Å²) < 4.78 is 7.40. The summed E-state index contributed by atoms with van der Waals surface area (Å²) in [5.74, 6) is 1.65. The largest absolute Gasteiger partial charge is 0.497 e. The fourth-order valence-electron chi connectivity index (χ4n) is 2.62. The Morgan fingerprint density at radius 2 is 2.17 bits per heavy atom. The predicted octanol–water partition coefficient (Wildman–Crippen LogP) is 3.72. The van der Waals surface area contributed by atoms with Crippen LogP contribution >= 0.6 is 0 Å². The van der Waals surface area contributed by atoms with Gasteiger partial charge in [0.2, 0.25) is 0 Å². The molecule has 0 N–H and O–H groups in total. The molecule has 0 aliphatic heterocycles. The Morgan fingerprint density at radius 3 is 2.96 bits per heavy atom. The van der Waals surface area contributed by atoms with Gasteiger partial charge in [-0.25, -0.2) is 9.97 Å². The van der Waals surface area contributed by atoms with Crippen molar-refractivity contribution in [3.8, 4) is 23.2 Å². The maximum atomic E-state index is 8.79. The maximum absolute atomic E-state index is 8.79. The van der Waals surface area contributed by atoms with E-state index in [0.717, 1.165) is 40.3 Å². The zero-order valence-corrected chi connectivity index (χ0v) is 13.3. The normalized spacial score (nSPS) is 10.7. The number of aromatic nitrogens is 3. The van der Waals surface area contributed by atoms with Gasteiger partial charge in [-0.05, 0) is 37.1 Å². The average Bonchev–Trinajstić information content (AvgIpc) is 2.93. The number of rotatable bonds is 5. The molecule has 0 unspecified atom stereocenters. The van der Waals surface area contributed by atoms with Crippen molar-refractivity contribution in [1.82, 2.24) is 14.5 Å². The molecule has 0 saturated heterocycles. The minimum absolute atomic E-state index is 0.517. The van der Waals surface area contributed by atoms with Gasteiger partial charge in [0.25, 0.3) is 0 Å². The number of methoxy groups -OCH3 is 1. The van der Waals surface area contributed by atoms with Crippen molar-refractivity contribution in [2.24, 2.45) is 0 Å². The highest BCUT2D eigenvalue weighted by Crippen LogP contribution is 2.27. The molecule has 5 nitrogen and oxygen atoms in total. The minimum atomic E-state index is 0.517. The van der Waals surface area contributed by atoms with E-state index >= 15 is 0 Å². The van der Waals surface area contributed by atoms with Crippen molar-refractivity contribution >= 4 is 11.2 Å². The summed E-state index contributed by atoms with van der Waals surface area (Å²) in [6.45, 7) is 2.72. The molecule has 116 valence electrons. The second-order valence-corrected chi connectivity index (χ2v) is 5.44. The topological polar surface area (TPSA) is 63.7 Å². The lowest BCUT2D eigenvalue weighted by Crippen LogP contribution is -2.02. The number of fused-ring (bicyclic) bond motifs is 1. The van der Waals surface area contributed by atoms with Gasteiger partial charge >= 0.3 is 0 Å². The molecule has 3 aromatic rings. The van der Waals surface area contributed by atoms with Crippen LogP contribution in [0.2, 0.25) is 0 Å². The number of hydrogen-bond acceptors (Lipinski definition) is 4. The van der Waals surface area contributed by atoms with Crippen LogP contribution < -0.4 is 4.74 Å². The summed E-state index contributed by atoms with van der Waals surface area (Å²) in [5.41, 5.74) is 3.79. The molecule has 0 saturated carbocycles. The Labute approximate surface area is 135 Å². The van der Waals surface area contributed by atoms with Gasteiger partial charge in [0.05, 0.1) is 13.2 Å². The summed E-state index contributed by atoms with van der Waals surface area (Å²) >= 11 is 0. The lowest BCUT2D eigenvalue weighted by molar-refractivity contribution is 0.415. The first kappa shape index (κ1) is 15.0. The molecular weight excluding hydrogens is 288 g/mol. The SMILES string of the molecule is COc1cccc(-c2nc3cc(C)cnc3n2CCCC#N)c1. The Morgan fingerprint density at radius 1 is 1.30 bits per heavy atom. The highest BCUT2D eigenvalue weighted by Gasteiger charge is 2.14. The lowest BCUT2D eigenvalue weighted by Gasteiger charge is -2.08. The molecule has 0 bridgehead atoms. The van der Waals surface area contributed by atoms with Gasteiger partial charge in [0.1, 0.15) is 17.1 Å². The van der Waals surface area contributed by atoms with Crippen LogP contribution in [0.3, 0.4) is 0 Å². The molecule has 0 fully saturated rings. The zero-order chi connectivity index (χ0) is 16.2. The molecule has 0 amide bonds. The zero-order valence-electron chi connectivity index (χ0n) is 13.3. The van der Waals surface area contributed by atoms with Gasteiger partial charge in [-0.3, -0.25) is 0 Å². The second-order valence-electron chi connectivity index (χ2n) is 5.44. The van der Waals surface area contributed by atoms with E-state index in [1.165, 1.54) is 0 Å². The van der Waals surface area contributed by atoms with Crippen LogP contribution in [0.4, 0.5) is 0 Å². The third-order valence-electron chi connectivity index (χ3n) is 3.72. The average molecular weight is 306 g/mol. The standard InChI is InChI=1S/C18H18N4O/c1-13-10-16-18(20-12-13)22(9-4-3-8-19)17(21-16)14-6-5-7-15(11-14)23-2/h5-7,10-12H,3-4,9H2,1-2H3. The van der Waals surface area contributed by atoms with Gasteiger partial charge in [0, 0.05) is 24.7 Å². The van der Waals surface area contributed by atoms with Crippen LogP contribution in [0.25, 0.3) is 22.6 Å². The molecule has 0 aliphatic rings. The van der Waals surface area contributed by atoms with Crippen molar-refractivity contribution in [2.45, 2.75) is 26.3 Å². The van der Waals surface area contributed by atoms with Gasteiger partial charge in [0.15, 0.2) is 5.65 Å². The van der Waals surface area contributed by atoms with Crippen LogP contribution in [0.5, 0.6) is 5.75 Å². The van der Waals surface area contributed by atoms with Gasteiger partial charge in [-0.15, -0.1) is 0 Å². The molecule has 0 aliphatic carbocycles. The maximum Gasteiger partial charge on any atom is 0.160 e. The van der Waals surface area contributed by atoms with Crippen molar-refractivity contribution in [3.63, 3.8) is 0 Å². The van der Waals surface area contributed by atoms with Gasteiger partial charge in [-0.1, -0.05) is 12.1 Å². The minimum Gasteiger partial charge on any atom is -0.497 e. The van der Waals surface area contributed by atoms with Crippen molar-refractivity contribution < 1.29 is 4.74 Å². The van der Waals surface area contributed by atoms with E-state index in [0.29, 0.717) is 13.0 Å². The molecule has 0 spiro atoms. The van der Waals surface area contributed by atoms with E-state index < -0.39 is 0 Å². The Kier molecular flexibility index (Phi) is 4.24. The number of nitrogens with zero attached hydrogens (tertiary/aromatic N) is 4. The number of benzene rings is 1. The fraction of sp³-hybridized carbons (Fsp3) is 0.278. The molecule has 3 rings (SSSR count).